The van der Waals surface area contributed by atoms with Gasteiger partial charge in [0.2, 0.25) is 5.95 Å². The smallest absolute Gasteiger partial charge is 0.224 e. The fraction of sp³-hybridized carbons (Fsp3) is 0.412. The van der Waals surface area contributed by atoms with Crippen LogP contribution < -0.4 is 15.0 Å². The number of hydrogen-bond acceptors (Lipinski definition) is 6. The first-order valence-electron chi connectivity index (χ1n) is 7.68. The second-order valence-corrected chi connectivity index (χ2v) is 6.26. The number of aryl methyl sites for hydroxylation is 2. The lowest BCUT2D eigenvalue weighted by molar-refractivity contribution is 0.117. The highest BCUT2D eigenvalue weighted by Gasteiger charge is 2.09. The van der Waals surface area contributed by atoms with E-state index in [-0.39, 0.29) is 6.61 Å². The molecule has 24 heavy (non-hydrogen) atoms. The standard InChI is InChI=1S/C17H23ClN4O2/c1-11-7-14(5-6-15(11)18)24-10-13(23)9-20-17-19-8-12(2)16(21-17)22(3)4/h5-8,13,23H,9-10H2,1-4H3,(H,19,20,21). The number of rotatable bonds is 7. The van der Waals surface area contributed by atoms with Crippen molar-refractivity contribution < 1.29 is 9.84 Å². The normalized spacial score (nSPS) is 11.9. The van der Waals surface area contributed by atoms with Gasteiger partial charge in [0.25, 0.3) is 0 Å². The van der Waals surface area contributed by atoms with Gasteiger partial charge in [-0.3, -0.25) is 0 Å². The third-order valence-corrected chi connectivity index (χ3v) is 3.86. The minimum atomic E-state index is -0.686. The molecule has 2 aromatic rings. The van der Waals surface area contributed by atoms with Gasteiger partial charge in [0.15, 0.2) is 0 Å². The molecule has 0 fully saturated rings. The van der Waals surface area contributed by atoms with Crippen molar-refractivity contribution in [3.63, 3.8) is 0 Å². The number of hydrogen-bond donors (Lipinski definition) is 2. The average molecular weight is 351 g/mol. The van der Waals surface area contributed by atoms with E-state index >= 15 is 0 Å². The number of nitrogens with one attached hydrogen (secondary N) is 1. The summed E-state index contributed by atoms with van der Waals surface area (Å²) in [5.41, 5.74) is 1.93. The van der Waals surface area contributed by atoms with E-state index in [2.05, 4.69) is 15.3 Å². The molecule has 0 bridgehead atoms. The summed E-state index contributed by atoms with van der Waals surface area (Å²) in [5.74, 6) is 2.00. The van der Waals surface area contributed by atoms with Crippen LogP contribution in [0.5, 0.6) is 5.75 Å². The fourth-order valence-electron chi connectivity index (χ4n) is 2.14. The number of aromatic nitrogens is 2. The zero-order valence-electron chi connectivity index (χ0n) is 14.4. The first-order valence-corrected chi connectivity index (χ1v) is 8.06. The zero-order valence-corrected chi connectivity index (χ0v) is 15.1. The quantitative estimate of drug-likeness (QED) is 0.800. The molecule has 1 heterocycles. The van der Waals surface area contributed by atoms with E-state index < -0.39 is 6.10 Å². The fourth-order valence-corrected chi connectivity index (χ4v) is 2.26. The second-order valence-electron chi connectivity index (χ2n) is 5.85. The number of nitrogens with zero attached hydrogens (tertiary/aromatic N) is 3. The van der Waals surface area contributed by atoms with Gasteiger partial charge in [-0.05, 0) is 37.6 Å². The minimum Gasteiger partial charge on any atom is -0.491 e. The van der Waals surface area contributed by atoms with Crippen molar-refractivity contribution in [1.82, 2.24) is 9.97 Å². The number of ether oxygens (including phenoxy) is 1. The number of aliphatic hydroxyl groups is 1. The SMILES string of the molecule is Cc1cc(OCC(O)CNc2ncc(C)c(N(C)C)n2)ccc1Cl. The summed E-state index contributed by atoms with van der Waals surface area (Å²) >= 11 is 5.97. The second kappa shape index (κ2) is 8.17. The van der Waals surface area contributed by atoms with Crippen LogP contribution in [0.2, 0.25) is 5.02 Å². The summed E-state index contributed by atoms with van der Waals surface area (Å²) in [5, 5.41) is 13.8. The molecule has 0 aliphatic rings. The number of benzene rings is 1. The summed E-state index contributed by atoms with van der Waals surface area (Å²) in [6, 6.07) is 5.40. The molecule has 1 unspecified atom stereocenters. The van der Waals surface area contributed by atoms with Gasteiger partial charge in [0.1, 0.15) is 24.3 Å². The van der Waals surface area contributed by atoms with Gasteiger partial charge in [-0.1, -0.05) is 11.6 Å². The molecule has 0 amide bonds. The van der Waals surface area contributed by atoms with Crippen LogP contribution in [0.4, 0.5) is 11.8 Å². The third kappa shape index (κ3) is 4.97. The minimum absolute atomic E-state index is 0.167. The molecule has 130 valence electrons. The Morgan fingerprint density at radius 2 is 2.04 bits per heavy atom. The lowest BCUT2D eigenvalue weighted by Crippen LogP contribution is -2.27. The molecular formula is C17H23ClN4O2. The van der Waals surface area contributed by atoms with Crippen LogP contribution >= 0.6 is 11.6 Å². The van der Waals surface area contributed by atoms with Crippen molar-refractivity contribution in [2.24, 2.45) is 0 Å². The van der Waals surface area contributed by atoms with Crippen LogP contribution in [0.25, 0.3) is 0 Å². The molecule has 0 aliphatic heterocycles. The van der Waals surface area contributed by atoms with Crippen LogP contribution in [0.1, 0.15) is 11.1 Å². The summed E-state index contributed by atoms with van der Waals surface area (Å²) in [6.45, 7) is 4.32. The molecule has 0 spiro atoms. The highest BCUT2D eigenvalue weighted by Crippen LogP contribution is 2.21. The van der Waals surface area contributed by atoms with Crippen molar-refractivity contribution >= 4 is 23.4 Å². The van der Waals surface area contributed by atoms with Gasteiger partial charge >= 0.3 is 0 Å². The predicted octanol–water partition coefficient (Wildman–Crippen LogP) is 2.66. The van der Waals surface area contributed by atoms with Crippen LogP contribution in [0.15, 0.2) is 24.4 Å². The molecule has 0 saturated heterocycles. The van der Waals surface area contributed by atoms with Gasteiger partial charge in [-0.25, -0.2) is 4.98 Å². The molecule has 6 nitrogen and oxygen atoms in total. The van der Waals surface area contributed by atoms with Crippen molar-refractivity contribution in [2.75, 3.05) is 37.5 Å². The Kier molecular flexibility index (Phi) is 6.23. The maximum Gasteiger partial charge on any atom is 0.224 e. The maximum absolute atomic E-state index is 10.0. The molecule has 0 aliphatic carbocycles. The molecule has 7 heteroatoms. The first-order chi connectivity index (χ1) is 11.4. The van der Waals surface area contributed by atoms with Gasteiger partial charge < -0.3 is 20.1 Å². The average Bonchev–Trinajstić information content (AvgIpc) is 2.55. The van der Waals surface area contributed by atoms with Gasteiger partial charge in [0, 0.05) is 37.4 Å². The molecule has 2 rings (SSSR count). The molecular weight excluding hydrogens is 328 g/mol. The lowest BCUT2D eigenvalue weighted by Gasteiger charge is -2.17. The molecule has 2 N–H and O–H groups in total. The van der Waals surface area contributed by atoms with E-state index in [1.165, 1.54) is 0 Å². The highest BCUT2D eigenvalue weighted by atomic mass is 35.5. The van der Waals surface area contributed by atoms with Crippen molar-refractivity contribution in [1.29, 1.82) is 0 Å². The Balaban J connectivity index is 1.85. The Hall–Kier alpha value is -2.05. The predicted molar refractivity (Wildman–Crippen MR) is 97.3 cm³/mol. The molecule has 0 saturated carbocycles. The molecule has 1 aromatic carbocycles. The molecule has 0 radical (unpaired) electrons. The highest BCUT2D eigenvalue weighted by molar-refractivity contribution is 6.31. The Labute approximate surface area is 147 Å². The van der Waals surface area contributed by atoms with Gasteiger partial charge in [-0.15, -0.1) is 0 Å². The zero-order chi connectivity index (χ0) is 17.7. The third-order valence-electron chi connectivity index (χ3n) is 3.44. The summed E-state index contributed by atoms with van der Waals surface area (Å²) in [6.07, 6.45) is 1.07. The lowest BCUT2D eigenvalue weighted by atomic mass is 10.2. The molecule has 1 aromatic heterocycles. The summed E-state index contributed by atoms with van der Waals surface area (Å²) in [4.78, 5) is 10.6. The van der Waals surface area contributed by atoms with Crippen LogP contribution in [0.3, 0.4) is 0 Å². The van der Waals surface area contributed by atoms with Crippen LogP contribution in [0, 0.1) is 13.8 Å². The molecule has 1 atom stereocenters. The number of halogens is 1. The van der Waals surface area contributed by atoms with E-state index in [1.807, 2.05) is 38.9 Å². The van der Waals surface area contributed by atoms with Crippen molar-refractivity contribution in [3.05, 3.63) is 40.5 Å². The van der Waals surface area contributed by atoms with E-state index in [0.717, 1.165) is 16.9 Å². The van der Waals surface area contributed by atoms with E-state index in [0.29, 0.717) is 23.3 Å². The topological polar surface area (TPSA) is 70.5 Å². The van der Waals surface area contributed by atoms with Gasteiger partial charge in [0.05, 0.1) is 0 Å². The number of aliphatic hydroxyl groups excluding tert-OH is 1. The summed E-state index contributed by atoms with van der Waals surface area (Å²) < 4.78 is 5.58. The number of anilines is 2. The van der Waals surface area contributed by atoms with Crippen molar-refractivity contribution in [3.8, 4) is 5.75 Å². The largest absolute Gasteiger partial charge is 0.491 e. The monoisotopic (exact) mass is 350 g/mol. The van der Waals surface area contributed by atoms with E-state index in [9.17, 15) is 5.11 Å². The van der Waals surface area contributed by atoms with Crippen molar-refractivity contribution in [2.45, 2.75) is 20.0 Å². The van der Waals surface area contributed by atoms with Crippen LogP contribution in [-0.4, -0.2) is 48.4 Å². The Bertz CT molecular complexity index is 694. The Morgan fingerprint density at radius 1 is 1.29 bits per heavy atom. The van der Waals surface area contributed by atoms with Gasteiger partial charge in [-0.2, -0.15) is 4.98 Å². The maximum atomic E-state index is 10.0. The summed E-state index contributed by atoms with van der Waals surface area (Å²) in [7, 11) is 3.85. The Morgan fingerprint density at radius 3 is 2.71 bits per heavy atom. The van der Waals surface area contributed by atoms with E-state index in [4.69, 9.17) is 16.3 Å². The van der Waals surface area contributed by atoms with E-state index in [1.54, 1.807) is 18.3 Å². The first kappa shape index (κ1) is 18.3. The van der Waals surface area contributed by atoms with Crippen LogP contribution in [-0.2, 0) is 0 Å².